The molecule has 256 valence electrons. The Labute approximate surface area is 297 Å². The highest BCUT2D eigenvalue weighted by atomic mass is 79.9. The molecule has 0 atom stereocenters. The lowest BCUT2D eigenvalue weighted by molar-refractivity contribution is 0.277. The Morgan fingerprint density at radius 2 is 1.83 bits per heavy atom. The number of ether oxygens (including phenoxy) is 1. The lowest BCUT2D eigenvalue weighted by atomic mass is 10.0. The van der Waals surface area contributed by atoms with Crippen molar-refractivity contribution in [1.82, 2.24) is 30.0 Å². The van der Waals surface area contributed by atoms with E-state index in [1.807, 2.05) is 50.1 Å². The van der Waals surface area contributed by atoms with E-state index in [-0.39, 0.29) is 12.4 Å². The van der Waals surface area contributed by atoms with Crippen LogP contribution in [0.3, 0.4) is 0 Å². The summed E-state index contributed by atoms with van der Waals surface area (Å²) in [4.78, 5) is 14.3. The smallest absolute Gasteiger partial charge is 0.229 e. The van der Waals surface area contributed by atoms with Crippen LogP contribution in [0.2, 0.25) is 0 Å². The molecule has 0 amide bonds. The van der Waals surface area contributed by atoms with Gasteiger partial charge in [-0.1, -0.05) is 6.07 Å². The Bertz CT molecular complexity index is 1870. The number of rotatable bonds is 10. The molecule has 1 fully saturated rings. The summed E-state index contributed by atoms with van der Waals surface area (Å²) < 4.78 is 21.8. The first-order valence-corrected chi connectivity index (χ1v) is 19.2. The molecule has 0 aliphatic carbocycles. The molecule has 1 saturated heterocycles. The predicted octanol–water partition coefficient (Wildman–Crippen LogP) is 6.42. The number of nitrogens with zero attached hydrogens (tertiary/aromatic N) is 6. The number of hydrogen-bond acceptors (Lipinski definition) is 10. The minimum Gasteiger partial charge on any atom is -0.494 e. The molecular weight excluding hydrogens is 713 g/mol. The minimum atomic E-state index is -2.58. The van der Waals surface area contributed by atoms with Crippen LogP contribution in [0.15, 0.2) is 59.1 Å². The van der Waals surface area contributed by atoms with Crippen LogP contribution in [-0.4, -0.2) is 84.4 Å². The van der Waals surface area contributed by atoms with Crippen molar-refractivity contribution in [3.63, 3.8) is 0 Å². The number of aryl methyl sites for hydroxylation is 2. The number of methoxy groups -OCH3 is 1. The third-order valence-corrected chi connectivity index (χ3v) is 11.1. The Kier molecular flexibility index (Phi) is 11.1. The highest BCUT2D eigenvalue weighted by Gasteiger charge is 2.25. The fraction of sp³-hybridized carbons (Fsp3) is 0.382. The van der Waals surface area contributed by atoms with Crippen LogP contribution in [0.25, 0.3) is 11.1 Å². The summed E-state index contributed by atoms with van der Waals surface area (Å²) in [5.41, 5.74) is 8.27. The zero-order valence-corrected chi connectivity index (χ0v) is 31.6. The number of hydrogen-bond donors (Lipinski definition) is 3. The summed E-state index contributed by atoms with van der Waals surface area (Å²) in [6, 6.07) is 8.19. The maximum atomic E-state index is 13.3. The molecule has 0 bridgehead atoms. The molecule has 2 aromatic carbocycles. The van der Waals surface area contributed by atoms with Gasteiger partial charge in [-0.3, -0.25) is 9.58 Å². The monoisotopic (exact) mass is 755 g/mol. The van der Waals surface area contributed by atoms with Crippen LogP contribution < -0.4 is 30.9 Å². The molecule has 3 N–H and O–H groups in total. The molecule has 11 nitrogen and oxygen atoms in total. The maximum absolute atomic E-state index is 13.3. The number of piperazine rings is 1. The van der Waals surface area contributed by atoms with E-state index < -0.39 is 7.14 Å². The van der Waals surface area contributed by atoms with E-state index in [1.54, 1.807) is 26.6 Å². The zero-order chi connectivity index (χ0) is 33.3. The number of aromatic nitrogens is 4. The summed E-state index contributed by atoms with van der Waals surface area (Å²) >= 11 is 3.60. The van der Waals surface area contributed by atoms with Crippen molar-refractivity contribution in [1.29, 1.82) is 0 Å². The lowest BCUT2D eigenvalue weighted by Crippen LogP contribution is -2.47. The average Bonchev–Trinajstić information content (AvgIpc) is 3.72. The first kappa shape index (κ1) is 35.7. The van der Waals surface area contributed by atoms with Crippen molar-refractivity contribution < 1.29 is 9.30 Å². The molecule has 2 aromatic heterocycles. The Morgan fingerprint density at radius 1 is 1.06 bits per heavy atom. The van der Waals surface area contributed by atoms with Gasteiger partial charge in [0.15, 0.2) is 0 Å². The maximum Gasteiger partial charge on any atom is 0.229 e. The molecule has 4 heterocycles. The van der Waals surface area contributed by atoms with E-state index in [0.29, 0.717) is 22.0 Å². The van der Waals surface area contributed by atoms with Crippen molar-refractivity contribution in [3.05, 3.63) is 70.2 Å². The Balaban J connectivity index is 0.00000451. The van der Waals surface area contributed by atoms with E-state index in [1.165, 1.54) is 5.57 Å². The highest BCUT2D eigenvalue weighted by Crippen LogP contribution is 2.42. The van der Waals surface area contributed by atoms with Crippen LogP contribution in [-0.2, 0) is 11.6 Å². The van der Waals surface area contributed by atoms with Gasteiger partial charge in [-0.05, 0) is 84.6 Å². The second-order valence-electron chi connectivity index (χ2n) is 12.6. The summed E-state index contributed by atoms with van der Waals surface area (Å²) in [5, 5.41) is 15.5. The van der Waals surface area contributed by atoms with E-state index in [9.17, 15) is 4.57 Å². The Hall–Kier alpha value is -3.57. The molecule has 4 aromatic rings. The number of anilines is 5. The predicted molar refractivity (Wildman–Crippen MR) is 203 cm³/mol. The van der Waals surface area contributed by atoms with E-state index >= 15 is 0 Å². The molecule has 48 heavy (non-hydrogen) atoms. The molecule has 0 spiro atoms. The molecule has 0 unspecified atom stereocenters. The van der Waals surface area contributed by atoms with E-state index in [2.05, 4.69) is 70.1 Å². The van der Waals surface area contributed by atoms with Crippen LogP contribution in [0.4, 0.5) is 28.8 Å². The highest BCUT2D eigenvalue weighted by molar-refractivity contribution is 9.10. The van der Waals surface area contributed by atoms with Gasteiger partial charge in [-0.15, -0.1) is 12.4 Å². The van der Waals surface area contributed by atoms with Crippen LogP contribution in [0, 0.1) is 13.8 Å². The third kappa shape index (κ3) is 7.83. The quantitative estimate of drug-likeness (QED) is 0.157. The van der Waals surface area contributed by atoms with E-state index in [0.717, 1.165) is 90.3 Å². The zero-order valence-electron chi connectivity index (χ0n) is 28.3. The molecule has 6 rings (SSSR count). The largest absolute Gasteiger partial charge is 0.494 e. The second-order valence-corrected chi connectivity index (χ2v) is 16.6. The van der Waals surface area contributed by atoms with E-state index in [4.69, 9.17) is 9.72 Å². The summed E-state index contributed by atoms with van der Waals surface area (Å²) in [5.74, 6) is 1.64. The van der Waals surface area contributed by atoms with Crippen molar-refractivity contribution in [2.45, 2.75) is 20.3 Å². The van der Waals surface area contributed by atoms with Gasteiger partial charge < -0.3 is 30.2 Å². The van der Waals surface area contributed by atoms with Crippen LogP contribution >= 0.6 is 35.5 Å². The summed E-state index contributed by atoms with van der Waals surface area (Å²) in [6.07, 6.45) is 8.93. The molecule has 0 saturated carbocycles. The normalized spacial score (nSPS) is 15.1. The number of benzene rings is 2. The van der Waals surface area contributed by atoms with Gasteiger partial charge in [-0.25, -0.2) is 4.98 Å². The van der Waals surface area contributed by atoms with Gasteiger partial charge in [0.1, 0.15) is 18.7 Å². The van der Waals surface area contributed by atoms with Crippen molar-refractivity contribution in [3.8, 4) is 16.9 Å². The standard InChI is InChI=1S/C34H43BrN9O2P.ClH/c1-22-7-8-28(32(23(22)2)47(5,6)45)39-33-27(35)19-37-34(41-33)40-29-15-26(25-18-38-42(3)21-25)30(16-31(29)46-4)44-13-11-43(12-14-44)20-24-9-10-36-17-24;/h7-8,15-19,21,36H,9-14,20H2,1-6H3,(H2,37,39,40,41);1H. The fourth-order valence-corrected chi connectivity index (χ4v) is 8.31. The van der Waals surface area contributed by atoms with Gasteiger partial charge in [0.2, 0.25) is 5.95 Å². The van der Waals surface area contributed by atoms with Crippen molar-refractivity contribution in [2.75, 3.05) is 75.2 Å². The van der Waals surface area contributed by atoms with Crippen molar-refractivity contribution in [2.24, 2.45) is 7.05 Å². The molecule has 2 aliphatic rings. The van der Waals surface area contributed by atoms with Crippen LogP contribution in [0.5, 0.6) is 5.75 Å². The second kappa shape index (κ2) is 14.9. The average molecular weight is 757 g/mol. The van der Waals surface area contributed by atoms with Gasteiger partial charge >= 0.3 is 0 Å². The number of halogens is 2. The molecule has 2 aliphatic heterocycles. The minimum absolute atomic E-state index is 0. The Morgan fingerprint density at radius 3 is 2.48 bits per heavy atom. The first-order chi connectivity index (χ1) is 22.5. The third-order valence-electron chi connectivity index (χ3n) is 8.85. The lowest BCUT2D eigenvalue weighted by Gasteiger charge is -2.37. The fourth-order valence-electron chi connectivity index (χ4n) is 6.33. The van der Waals surface area contributed by atoms with Gasteiger partial charge in [0.25, 0.3) is 0 Å². The van der Waals surface area contributed by atoms with Gasteiger partial charge in [-0.2, -0.15) is 10.1 Å². The summed E-state index contributed by atoms with van der Waals surface area (Å²) in [7, 11) is 1.03. The SMILES string of the molecule is COc1cc(N2CCN(CC3=CNCC3)CC2)c(-c2cnn(C)c2)cc1Nc1ncc(Br)c(Nc2ccc(C)c(C)c2P(C)(C)=O)n1.Cl. The topological polar surface area (TPSA) is 112 Å². The first-order valence-electron chi connectivity index (χ1n) is 15.8. The number of nitrogens with one attached hydrogen (secondary N) is 3. The molecule has 14 heteroatoms. The molecular formula is C34H44BrClN9O2P. The molecule has 0 radical (unpaired) electrons. The van der Waals surface area contributed by atoms with Crippen LogP contribution in [0.1, 0.15) is 17.5 Å². The van der Waals surface area contributed by atoms with Gasteiger partial charge in [0.05, 0.1) is 29.2 Å². The summed E-state index contributed by atoms with van der Waals surface area (Å²) in [6.45, 7) is 13.5. The van der Waals surface area contributed by atoms with Crippen molar-refractivity contribution >= 4 is 69.6 Å². The van der Waals surface area contributed by atoms with Gasteiger partial charge in [0, 0.05) is 86.9 Å².